The van der Waals surface area contributed by atoms with E-state index in [0.29, 0.717) is 10.6 Å². The number of methoxy groups -OCH3 is 1. The zero-order chi connectivity index (χ0) is 17.5. The summed E-state index contributed by atoms with van der Waals surface area (Å²) in [6, 6.07) is 10.8. The molecule has 0 amide bonds. The molecule has 0 aromatic heterocycles. The lowest BCUT2D eigenvalue weighted by molar-refractivity contribution is -0.536. The van der Waals surface area contributed by atoms with E-state index in [1.54, 1.807) is 18.2 Å². The van der Waals surface area contributed by atoms with E-state index >= 15 is 0 Å². The molecule has 24 heavy (non-hydrogen) atoms. The van der Waals surface area contributed by atoms with Crippen LogP contribution < -0.4 is 9.47 Å². The Kier molecular flexibility index (Phi) is 4.11. The van der Waals surface area contributed by atoms with E-state index in [4.69, 9.17) is 32.7 Å². The fourth-order valence-corrected chi connectivity index (χ4v) is 3.00. The maximum absolute atomic E-state index is 12.9. The molecule has 2 atom stereocenters. The highest BCUT2D eigenvalue weighted by Crippen LogP contribution is 2.47. The summed E-state index contributed by atoms with van der Waals surface area (Å²) in [6.45, 7) is 0. The molecule has 2 aromatic rings. The van der Waals surface area contributed by atoms with Gasteiger partial charge >= 0.3 is 5.00 Å². The van der Waals surface area contributed by atoms with Crippen LogP contribution in [-0.4, -0.2) is 22.8 Å². The first-order valence-corrected chi connectivity index (χ1v) is 7.62. The molecule has 0 N–H and O–H groups in total. The maximum atomic E-state index is 12.9. The van der Waals surface area contributed by atoms with Gasteiger partial charge in [-0.25, -0.2) is 0 Å². The molecule has 6 nitrogen and oxygen atoms in total. The second-order valence-electron chi connectivity index (χ2n) is 5.14. The second kappa shape index (κ2) is 5.96. The highest BCUT2D eigenvalue weighted by atomic mass is 35.5. The number of benzene rings is 2. The van der Waals surface area contributed by atoms with Gasteiger partial charge in [-0.15, -0.1) is 0 Å². The van der Waals surface area contributed by atoms with Crippen LogP contribution in [-0.2, 0) is 0 Å². The van der Waals surface area contributed by atoms with Crippen LogP contribution in [0.25, 0.3) is 0 Å². The van der Waals surface area contributed by atoms with Crippen LogP contribution in [0.3, 0.4) is 0 Å². The van der Waals surface area contributed by atoms with Crippen LogP contribution in [0.5, 0.6) is 11.5 Å². The highest BCUT2D eigenvalue weighted by molar-refractivity contribution is 6.38. The lowest BCUT2D eigenvalue weighted by Crippen LogP contribution is -2.51. The Labute approximate surface area is 147 Å². The molecule has 1 heterocycles. The first kappa shape index (κ1) is 16.5. The number of rotatable bonds is 3. The number of hydrogen-bond acceptors (Lipinski definition) is 5. The van der Waals surface area contributed by atoms with Crippen LogP contribution >= 0.6 is 23.2 Å². The number of fused-ring (bicyclic) bond motifs is 1. The lowest BCUT2D eigenvalue weighted by atomic mass is 9.90. The van der Waals surface area contributed by atoms with Gasteiger partial charge in [0.15, 0.2) is 0 Å². The van der Waals surface area contributed by atoms with E-state index in [2.05, 4.69) is 0 Å². The van der Waals surface area contributed by atoms with Gasteiger partial charge in [-0.2, -0.15) is 0 Å². The Morgan fingerprint density at radius 2 is 1.92 bits per heavy atom. The van der Waals surface area contributed by atoms with Crippen molar-refractivity contribution in [2.24, 2.45) is 0 Å². The van der Waals surface area contributed by atoms with Crippen LogP contribution in [0.1, 0.15) is 22.0 Å². The lowest BCUT2D eigenvalue weighted by Gasteiger charge is -2.33. The van der Waals surface area contributed by atoms with Gasteiger partial charge in [-0.3, -0.25) is 14.9 Å². The van der Waals surface area contributed by atoms with Gasteiger partial charge in [0.25, 0.3) is 5.78 Å². The van der Waals surface area contributed by atoms with Crippen molar-refractivity contribution in [3.8, 4) is 11.5 Å². The third-order valence-corrected chi connectivity index (χ3v) is 4.54. The zero-order valence-electron chi connectivity index (χ0n) is 12.4. The third kappa shape index (κ3) is 2.39. The van der Waals surface area contributed by atoms with E-state index in [0.717, 1.165) is 0 Å². The van der Waals surface area contributed by atoms with Gasteiger partial charge in [-0.1, -0.05) is 29.8 Å². The molecule has 3 rings (SSSR count). The first-order chi connectivity index (χ1) is 11.4. The molecule has 0 saturated carbocycles. The van der Waals surface area contributed by atoms with Gasteiger partial charge < -0.3 is 9.47 Å². The van der Waals surface area contributed by atoms with E-state index < -0.39 is 21.8 Å². The molecule has 8 heteroatoms. The molecule has 124 valence electrons. The fraction of sp³-hybridized carbons (Fsp3) is 0.188. The first-order valence-electron chi connectivity index (χ1n) is 6.87. The summed E-state index contributed by atoms with van der Waals surface area (Å²) >= 11 is 12.0. The van der Waals surface area contributed by atoms with Crippen molar-refractivity contribution in [3.05, 3.63) is 68.7 Å². The predicted octanol–water partition coefficient (Wildman–Crippen LogP) is 3.88. The number of nitrogens with zero attached hydrogens (tertiary/aromatic N) is 1. The minimum absolute atomic E-state index is 0.0445. The van der Waals surface area contributed by atoms with E-state index in [1.165, 1.54) is 31.4 Å². The fourth-order valence-electron chi connectivity index (χ4n) is 2.61. The maximum Gasteiger partial charge on any atom is 0.397 e. The van der Waals surface area contributed by atoms with E-state index in [-0.39, 0.29) is 17.1 Å². The topological polar surface area (TPSA) is 78.7 Å². The van der Waals surface area contributed by atoms with E-state index in [9.17, 15) is 14.9 Å². The number of Topliss-reactive ketones (excluding diaryl/α,β-unsaturated/α-hetero) is 1. The molecule has 1 aliphatic rings. The number of carbonyl (C=O) groups excluding carboxylic acids is 1. The Balaban J connectivity index is 2.21. The van der Waals surface area contributed by atoms with Gasteiger partial charge in [0, 0.05) is 10.6 Å². The quantitative estimate of drug-likeness (QED) is 0.356. The van der Waals surface area contributed by atoms with Gasteiger partial charge in [0.2, 0.25) is 6.10 Å². The van der Waals surface area contributed by atoms with Crippen molar-refractivity contribution < 1.29 is 19.2 Å². The second-order valence-corrected chi connectivity index (χ2v) is 6.16. The van der Waals surface area contributed by atoms with Crippen molar-refractivity contribution in [2.75, 3.05) is 7.11 Å². The minimum Gasteiger partial charge on any atom is -0.496 e. The summed E-state index contributed by atoms with van der Waals surface area (Å²) in [5.74, 6) is -0.538. The Morgan fingerprint density at radius 3 is 2.50 bits per heavy atom. The number of alkyl halides is 1. The standard InChI is InChI=1S/C16H11Cl2NO5/c1-23-11-3-2-4-12-13(11)14(20)16(18,19(21)22)15(24-12)9-5-7-10(17)8-6-9/h2-8,15H,1H3/t15-,16+/m1/s1. The van der Waals surface area contributed by atoms with Gasteiger partial charge in [0.1, 0.15) is 17.1 Å². The van der Waals surface area contributed by atoms with Crippen molar-refractivity contribution in [1.82, 2.24) is 0 Å². The SMILES string of the molecule is COc1cccc2c1C(=O)[C@](Cl)([N+](=O)[O-])[C@@H](c1ccc(Cl)cc1)O2. The molecule has 2 aromatic carbocycles. The van der Waals surface area contributed by atoms with Gasteiger partial charge in [-0.05, 0) is 35.9 Å². The number of halogens is 2. The molecule has 1 aliphatic heterocycles. The number of nitro groups is 1. The Bertz CT molecular complexity index is 824. The average Bonchev–Trinajstić information content (AvgIpc) is 2.58. The summed E-state index contributed by atoms with van der Waals surface area (Å²) in [5.41, 5.74) is 0.324. The van der Waals surface area contributed by atoms with E-state index in [1.807, 2.05) is 0 Å². The molecular formula is C16H11Cl2NO5. The van der Waals surface area contributed by atoms with Crippen LogP contribution in [0, 0.1) is 10.1 Å². The number of hydrogen-bond donors (Lipinski definition) is 0. The molecule has 0 fully saturated rings. The summed E-state index contributed by atoms with van der Waals surface area (Å²) in [5, 5.41) is 12.1. The largest absolute Gasteiger partial charge is 0.496 e. The van der Waals surface area contributed by atoms with Crippen molar-refractivity contribution in [2.45, 2.75) is 11.1 Å². The smallest absolute Gasteiger partial charge is 0.397 e. The number of ketones is 1. The normalized spacial score (nSPS) is 22.5. The van der Waals surface area contributed by atoms with Crippen molar-refractivity contribution in [3.63, 3.8) is 0 Å². The summed E-state index contributed by atoms with van der Waals surface area (Å²) < 4.78 is 10.8. The zero-order valence-corrected chi connectivity index (χ0v) is 13.9. The minimum atomic E-state index is -2.50. The van der Waals surface area contributed by atoms with Crippen LogP contribution in [0.15, 0.2) is 42.5 Å². The molecular weight excluding hydrogens is 357 g/mol. The van der Waals surface area contributed by atoms with Crippen LogP contribution in [0.4, 0.5) is 0 Å². The third-order valence-electron chi connectivity index (χ3n) is 3.78. The molecule has 0 aliphatic carbocycles. The molecule has 0 bridgehead atoms. The van der Waals surface area contributed by atoms with Gasteiger partial charge in [0.05, 0.1) is 12.0 Å². The summed E-state index contributed by atoms with van der Waals surface area (Å²) in [4.78, 5) is 21.2. The molecule has 0 spiro atoms. The number of carbonyl (C=O) groups is 1. The van der Waals surface area contributed by atoms with Crippen molar-refractivity contribution >= 4 is 29.0 Å². The highest BCUT2D eigenvalue weighted by Gasteiger charge is 2.62. The number of ether oxygens (including phenoxy) is 2. The monoisotopic (exact) mass is 367 g/mol. The molecule has 0 unspecified atom stereocenters. The molecule has 0 radical (unpaired) electrons. The van der Waals surface area contributed by atoms with Crippen molar-refractivity contribution in [1.29, 1.82) is 0 Å². The molecule has 0 saturated heterocycles. The average molecular weight is 368 g/mol. The predicted molar refractivity (Wildman–Crippen MR) is 87.7 cm³/mol. The summed E-state index contributed by atoms with van der Waals surface area (Å²) in [7, 11) is 1.36. The Morgan fingerprint density at radius 1 is 1.25 bits per heavy atom. The van der Waals surface area contributed by atoms with Crippen LogP contribution in [0.2, 0.25) is 5.02 Å². The Hall–Kier alpha value is -2.31. The summed E-state index contributed by atoms with van der Waals surface area (Å²) in [6.07, 6.45) is -1.31.